The van der Waals surface area contributed by atoms with Gasteiger partial charge in [0.25, 0.3) is 0 Å². The van der Waals surface area contributed by atoms with Crippen LogP contribution in [-0.2, 0) is 9.47 Å². The summed E-state index contributed by atoms with van der Waals surface area (Å²) in [6.07, 6.45) is 0. The number of aromatic carboxylic acids is 1. The molecule has 0 aliphatic heterocycles. The summed E-state index contributed by atoms with van der Waals surface area (Å²) in [6.45, 7) is 6.98. The van der Waals surface area contributed by atoms with Crippen molar-refractivity contribution in [3.63, 3.8) is 0 Å². The number of carboxylic acid groups (broad SMARTS) is 1. The van der Waals surface area contributed by atoms with Gasteiger partial charge in [0.05, 0.1) is 18.8 Å². The van der Waals surface area contributed by atoms with Crippen molar-refractivity contribution in [3.8, 4) is 0 Å². The van der Waals surface area contributed by atoms with Gasteiger partial charge in [0.2, 0.25) is 0 Å². The van der Waals surface area contributed by atoms with Gasteiger partial charge in [-0.05, 0) is 26.0 Å². The summed E-state index contributed by atoms with van der Waals surface area (Å²) in [6, 6.07) is 8.30. The summed E-state index contributed by atoms with van der Waals surface area (Å²) in [5.74, 6) is -0.879. The van der Waals surface area contributed by atoms with E-state index in [0.717, 1.165) is 26.4 Å². The lowest BCUT2D eigenvalue weighted by atomic mass is 10.2. The highest BCUT2D eigenvalue weighted by molar-refractivity contribution is 5.87. The Morgan fingerprint density at radius 1 is 1.06 bits per heavy atom. The van der Waals surface area contributed by atoms with Gasteiger partial charge in [0.1, 0.15) is 0 Å². The zero-order chi connectivity index (χ0) is 12.9. The first kappa shape index (κ1) is 15.6. The fraction of sp³-hybridized carbons (Fsp3) is 0.462. The third-order valence-electron chi connectivity index (χ3n) is 1.80. The molecule has 0 atom stereocenters. The average molecular weight is 240 g/mol. The predicted molar refractivity (Wildman–Crippen MR) is 66.4 cm³/mol. The van der Waals surface area contributed by atoms with E-state index in [1.54, 1.807) is 30.3 Å². The van der Waals surface area contributed by atoms with Crippen LogP contribution in [0, 0.1) is 0 Å². The number of carbonyl (C=O) groups is 1. The molecule has 0 bridgehead atoms. The van der Waals surface area contributed by atoms with Gasteiger partial charge in [-0.3, -0.25) is 0 Å². The molecule has 17 heavy (non-hydrogen) atoms. The second-order valence-corrected chi connectivity index (χ2v) is 3.07. The van der Waals surface area contributed by atoms with Crippen molar-refractivity contribution in [3.05, 3.63) is 35.9 Å². The Labute approximate surface area is 102 Å². The molecule has 96 valence electrons. The fourth-order valence-corrected chi connectivity index (χ4v) is 0.987. The number of rotatable bonds is 6. The topological polar surface area (TPSA) is 55.8 Å². The highest BCUT2D eigenvalue weighted by Gasteiger charge is 1.96. The van der Waals surface area contributed by atoms with Crippen molar-refractivity contribution in [1.82, 2.24) is 0 Å². The smallest absolute Gasteiger partial charge is 0.335 e. The summed E-state index contributed by atoms with van der Waals surface area (Å²) >= 11 is 0. The molecule has 0 aliphatic rings. The lowest BCUT2D eigenvalue weighted by molar-refractivity contribution is 0.0584. The Morgan fingerprint density at radius 3 is 1.82 bits per heavy atom. The highest BCUT2D eigenvalue weighted by Crippen LogP contribution is 1.96. The van der Waals surface area contributed by atoms with E-state index in [4.69, 9.17) is 14.6 Å². The molecular formula is C13H20O4. The molecule has 0 unspecified atom stereocenters. The average Bonchev–Trinajstić information content (AvgIpc) is 2.37. The van der Waals surface area contributed by atoms with Gasteiger partial charge < -0.3 is 14.6 Å². The van der Waals surface area contributed by atoms with Crippen molar-refractivity contribution in [1.29, 1.82) is 0 Å². The van der Waals surface area contributed by atoms with E-state index in [-0.39, 0.29) is 0 Å². The van der Waals surface area contributed by atoms with Crippen molar-refractivity contribution in [2.45, 2.75) is 13.8 Å². The molecule has 4 nitrogen and oxygen atoms in total. The molecule has 1 aromatic carbocycles. The minimum atomic E-state index is -0.879. The van der Waals surface area contributed by atoms with Crippen LogP contribution in [0.5, 0.6) is 0 Å². The third kappa shape index (κ3) is 9.53. The Kier molecular flexibility index (Phi) is 10.2. The number of benzene rings is 1. The molecule has 1 aromatic rings. The maximum absolute atomic E-state index is 10.2. The van der Waals surface area contributed by atoms with Crippen molar-refractivity contribution < 1.29 is 19.4 Å². The Bertz CT molecular complexity index is 279. The minimum Gasteiger partial charge on any atom is -0.478 e. The summed E-state index contributed by atoms with van der Waals surface area (Å²) in [7, 11) is 0. The lowest BCUT2D eigenvalue weighted by Crippen LogP contribution is -2.02. The maximum atomic E-state index is 10.2. The van der Waals surface area contributed by atoms with Crippen molar-refractivity contribution in [2.75, 3.05) is 26.4 Å². The number of hydrogen-bond acceptors (Lipinski definition) is 3. The first-order valence-electron chi connectivity index (χ1n) is 5.66. The van der Waals surface area contributed by atoms with Gasteiger partial charge >= 0.3 is 5.97 Å². The minimum absolute atomic E-state index is 0.331. The van der Waals surface area contributed by atoms with Gasteiger partial charge in [-0.2, -0.15) is 0 Å². The zero-order valence-corrected chi connectivity index (χ0v) is 10.4. The molecule has 0 radical (unpaired) electrons. The monoisotopic (exact) mass is 240 g/mol. The molecule has 0 fully saturated rings. The van der Waals surface area contributed by atoms with Crippen LogP contribution in [0.2, 0.25) is 0 Å². The fourth-order valence-electron chi connectivity index (χ4n) is 0.987. The zero-order valence-electron chi connectivity index (χ0n) is 10.4. The van der Waals surface area contributed by atoms with Gasteiger partial charge in [-0.25, -0.2) is 4.79 Å². The highest BCUT2D eigenvalue weighted by atomic mass is 16.5. The van der Waals surface area contributed by atoms with Crippen LogP contribution in [-0.4, -0.2) is 37.5 Å². The molecule has 0 aromatic heterocycles. The molecule has 4 heteroatoms. The van der Waals surface area contributed by atoms with Crippen LogP contribution in [0.15, 0.2) is 30.3 Å². The largest absolute Gasteiger partial charge is 0.478 e. The van der Waals surface area contributed by atoms with Crippen molar-refractivity contribution in [2.24, 2.45) is 0 Å². The quantitative estimate of drug-likeness (QED) is 0.776. The van der Waals surface area contributed by atoms with E-state index in [2.05, 4.69) is 0 Å². The summed E-state index contributed by atoms with van der Waals surface area (Å²) in [5, 5.41) is 8.38. The van der Waals surface area contributed by atoms with Crippen LogP contribution >= 0.6 is 0 Å². The Balaban J connectivity index is 0.000000304. The molecular weight excluding hydrogens is 220 g/mol. The molecule has 0 aliphatic carbocycles. The standard InChI is InChI=1S/C7H6O2.C6H14O2/c8-7(9)6-4-2-1-3-5-6;1-3-7-5-6-8-4-2/h1-5H,(H,8,9);3-6H2,1-2H3. The van der Waals surface area contributed by atoms with E-state index < -0.39 is 5.97 Å². The third-order valence-corrected chi connectivity index (χ3v) is 1.80. The summed E-state index contributed by atoms with van der Waals surface area (Å²) in [4.78, 5) is 10.2. The molecule has 1 N–H and O–H groups in total. The summed E-state index contributed by atoms with van der Waals surface area (Å²) in [5.41, 5.74) is 0.331. The lowest BCUT2D eigenvalue weighted by Gasteiger charge is -1.99. The van der Waals surface area contributed by atoms with Crippen LogP contribution in [0.25, 0.3) is 0 Å². The SMILES string of the molecule is CCOCCOCC.O=C(O)c1ccccc1. The number of carboxylic acids is 1. The van der Waals surface area contributed by atoms with Gasteiger partial charge in [0, 0.05) is 13.2 Å². The normalized spacial score (nSPS) is 9.29. The van der Waals surface area contributed by atoms with E-state index in [1.165, 1.54) is 0 Å². The predicted octanol–water partition coefficient (Wildman–Crippen LogP) is 2.44. The van der Waals surface area contributed by atoms with Crippen molar-refractivity contribution >= 4 is 5.97 Å². The van der Waals surface area contributed by atoms with E-state index >= 15 is 0 Å². The van der Waals surface area contributed by atoms with Crippen LogP contribution in [0.4, 0.5) is 0 Å². The van der Waals surface area contributed by atoms with E-state index in [0.29, 0.717) is 5.56 Å². The molecule has 0 heterocycles. The molecule has 0 spiro atoms. The first-order chi connectivity index (χ1) is 8.22. The van der Waals surface area contributed by atoms with E-state index in [9.17, 15) is 4.79 Å². The van der Waals surface area contributed by atoms with E-state index in [1.807, 2.05) is 13.8 Å². The van der Waals surface area contributed by atoms with Gasteiger partial charge in [-0.1, -0.05) is 18.2 Å². The van der Waals surface area contributed by atoms with Crippen LogP contribution in [0.1, 0.15) is 24.2 Å². The number of ether oxygens (including phenoxy) is 2. The first-order valence-corrected chi connectivity index (χ1v) is 5.66. The van der Waals surface area contributed by atoms with Gasteiger partial charge in [-0.15, -0.1) is 0 Å². The second kappa shape index (κ2) is 11.1. The second-order valence-electron chi connectivity index (χ2n) is 3.07. The molecule has 0 amide bonds. The van der Waals surface area contributed by atoms with Crippen LogP contribution in [0.3, 0.4) is 0 Å². The number of hydrogen-bond donors (Lipinski definition) is 1. The molecule has 0 saturated heterocycles. The molecule has 1 rings (SSSR count). The van der Waals surface area contributed by atoms with Gasteiger partial charge in [0.15, 0.2) is 0 Å². The Hall–Kier alpha value is -1.39. The Morgan fingerprint density at radius 2 is 1.53 bits per heavy atom. The van der Waals surface area contributed by atoms with Crippen LogP contribution < -0.4 is 0 Å². The molecule has 0 saturated carbocycles. The summed E-state index contributed by atoms with van der Waals surface area (Å²) < 4.78 is 10.0. The maximum Gasteiger partial charge on any atom is 0.335 e.